The van der Waals surface area contributed by atoms with E-state index in [1.54, 1.807) is 31.0 Å². The monoisotopic (exact) mass is 481 g/mol. The normalized spacial score (nSPS) is 21.2. The summed E-state index contributed by atoms with van der Waals surface area (Å²) in [5.41, 5.74) is 13.7. The van der Waals surface area contributed by atoms with Crippen LogP contribution in [0.1, 0.15) is 32.3 Å². The third-order valence-corrected chi connectivity index (χ3v) is 7.22. The van der Waals surface area contributed by atoms with Gasteiger partial charge in [0.2, 0.25) is 12.3 Å². The fourth-order valence-corrected chi connectivity index (χ4v) is 5.49. The van der Waals surface area contributed by atoms with Crippen LogP contribution in [0.4, 0.5) is 5.69 Å². The van der Waals surface area contributed by atoms with Gasteiger partial charge in [-0.15, -0.1) is 0 Å². The number of carbonyl (C=O) groups excluding carboxylic acids is 2. The van der Waals surface area contributed by atoms with Crippen molar-refractivity contribution in [1.29, 1.82) is 0 Å². The Hall–Kier alpha value is -2.75. The number of amides is 2. The van der Waals surface area contributed by atoms with Gasteiger partial charge in [-0.25, -0.2) is 4.99 Å². The molecule has 0 aromatic heterocycles. The van der Waals surface area contributed by atoms with Gasteiger partial charge in [-0.2, -0.15) is 0 Å². The first kappa shape index (κ1) is 25.3. The summed E-state index contributed by atoms with van der Waals surface area (Å²) in [5, 5.41) is 2.56. The maximum Gasteiger partial charge on any atom is 0.242 e. The van der Waals surface area contributed by atoms with E-state index in [9.17, 15) is 9.59 Å². The average molecular weight is 482 g/mol. The summed E-state index contributed by atoms with van der Waals surface area (Å²) >= 11 is 0. The average Bonchev–Trinajstić information content (AvgIpc) is 2.78. The number of benzene rings is 1. The minimum Gasteiger partial charge on any atom is -0.353 e. The van der Waals surface area contributed by atoms with Crippen molar-refractivity contribution in [2.75, 3.05) is 45.8 Å². The van der Waals surface area contributed by atoms with Gasteiger partial charge in [-0.1, -0.05) is 12.1 Å². The summed E-state index contributed by atoms with van der Waals surface area (Å²) in [4.78, 5) is 34.6. The molecule has 1 aliphatic carbocycles. The van der Waals surface area contributed by atoms with Crippen LogP contribution in [-0.2, 0) is 16.0 Å². The van der Waals surface area contributed by atoms with Crippen molar-refractivity contribution in [3.63, 3.8) is 0 Å². The molecule has 1 aromatic carbocycles. The van der Waals surface area contributed by atoms with E-state index in [1.165, 1.54) is 31.5 Å². The van der Waals surface area contributed by atoms with Gasteiger partial charge < -0.3 is 31.5 Å². The smallest absolute Gasteiger partial charge is 0.242 e. The molecular formula is C26H39N7O2. The van der Waals surface area contributed by atoms with Crippen molar-refractivity contribution < 1.29 is 9.59 Å². The first-order valence-electron chi connectivity index (χ1n) is 12.5. The van der Waals surface area contributed by atoms with Crippen LogP contribution in [0.5, 0.6) is 0 Å². The minimum atomic E-state index is -0.880. The summed E-state index contributed by atoms with van der Waals surface area (Å²) in [6.07, 6.45) is 7.35. The van der Waals surface area contributed by atoms with Gasteiger partial charge in [0, 0.05) is 58.1 Å². The third kappa shape index (κ3) is 6.28. The first-order chi connectivity index (χ1) is 16.7. The lowest BCUT2D eigenvalue weighted by Crippen LogP contribution is -2.65. The molecule has 2 aliphatic heterocycles. The van der Waals surface area contributed by atoms with Crippen LogP contribution in [0, 0.1) is 5.41 Å². The van der Waals surface area contributed by atoms with E-state index < -0.39 is 5.54 Å². The second kappa shape index (κ2) is 10.5. The van der Waals surface area contributed by atoms with Crippen LogP contribution in [0.3, 0.4) is 0 Å². The fraction of sp³-hybridized carbons (Fsp3) is 0.577. The standard InChI is InChI=1S/C26H39N7O2/c1-25(2,28)24(35)33-12-10-32(11-13-33)23(6-8-29-19-34)30-22-5-3-4-20(14-22)7-9-31-17-26(18-31)15-21(27)16-26/h3-6,8,14,19,21H,7,9-13,15-18,27-28H2,1-2H3,(H,29,34)/b8-6-,30-23?. The molecule has 0 atom stereocenters. The minimum absolute atomic E-state index is 0.0465. The molecule has 1 spiro atoms. The molecule has 0 radical (unpaired) electrons. The molecule has 9 nitrogen and oxygen atoms in total. The number of likely N-dealkylation sites (tertiary alicyclic amines) is 1. The molecule has 2 saturated heterocycles. The number of rotatable bonds is 8. The molecule has 1 aromatic rings. The zero-order valence-electron chi connectivity index (χ0n) is 20.9. The van der Waals surface area contributed by atoms with Crippen LogP contribution < -0.4 is 16.8 Å². The lowest BCUT2D eigenvalue weighted by Gasteiger charge is -2.58. The van der Waals surface area contributed by atoms with Crippen molar-refractivity contribution in [3.8, 4) is 0 Å². The molecule has 3 aliphatic rings. The number of nitrogens with zero attached hydrogens (tertiary/aromatic N) is 4. The predicted octanol–water partition coefficient (Wildman–Crippen LogP) is 0.823. The molecule has 2 amide bonds. The summed E-state index contributed by atoms with van der Waals surface area (Å²) in [6, 6.07) is 8.73. The van der Waals surface area contributed by atoms with Crippen molar-refractivity contribution in [2.45, 2.75) is 44.7 Å². The lowest BCUT2D eigenvalue weighted by atomic mass is 9.61. The first-order valence-corrected chi connectivity index (χ1v) is 12.5. The van der Waals surface area contributed by atoms with Gasteiger partial charge in [0.1, 0.15) is 5.84 Å². The number of hydrogen-bond donors (Lipinski definition) is 3. The van der Waals surface area contributed by atoms with Gasteiger partial charge in [-0.05, 0) is 62.3 Å². The van der Waals surface area contributed by atoms with Crippen LogP contribution in [0.2, 0.25) is 0 Å². The molecule has 3 fully saturated rings. The van der Waals surface area contributed by atoms with Crippen molar-refractivity contribution >= 4 is 23.8 Å². The number of piperazine rings is 1. The molecule has 2 heterocycles. The topological polar surface area (TPSA) is 120 Å². The summed E-state index contributed by atoms with van der Waals surface area (Å²) in [5.74, 6) is 0.705. The van der Waals surface area contributed by atoms with E-state index in [0.29, 0.717) is 44.0 Å². The Morgan fingerprint density at radius 2 is 1.89 bits per heavy atom. The molecule has 190 valence electrons. The van der Waals surface area contributed by atoms with Crippen molar-refractivity contribution in [2.24, 2.45) is 21.9 Å². The second-order valence-electron chi connectivity index (χ2n) is 10.9. The van der Waals surface area contributed by atoms with Gasteiger partial charge in [0.25, 0.3) is 0 Å². The Morgan fingerprint density at radius 3 is 2.51 bits per heavy atom. The van der Waals surface area contributed by atoms with Crippen LogP contribution in [-0.4, -0.2) is 90.2 Å². The second-order valence-corrected chi connectivity index (χ2v) is 10.9. The number of nitrogens with one attached hydrogen (secondary N) is 1. The molecule has 0 bridgehead atoms. The van der Waals surface area contributed by atoms with E-state index in [4.69, 9.17) is 16.5 Å². The number of nitrogens with two attached hydrogens (primary N) is 2. The quantitative estimate of drug-likeness (QED) is 0.287. The van der Waals surface area contributed by atoms with Gasteiger partial charge in [0.15, 0.2) is 0 Å². The number of aliphatic imine (C=N–C) groups is 1. The molecule has 5 N–H and O–H groups in total. The number of hydrogen-bond acceptors (Lipinski definition) is 6. The Balaban J connectivity index is 1.37. The Morgan fingerprint density at radius 1 is 1.20 bits per heavy atom. The Labute approximate surface area is 208 Å². The highest BCUT2D eigenvalue weighted by atomic mass is 16.2. The highest BCUT2D eigenvalue weighted by Gasteiger charge is 2.50. The molecule has 9 heteroatoms. The molecule has 35 heavy (non-hydrogen) atoms. The summed E-state index contributed by atoms with van der Waals surface area (Å²) in [6.45, 7) is 9.31. The van der Waals surface area contributed by atoms with Crippen LogP contribution in [0.25, 0.3) is 0 Å². The van der Waals surface area contributed by atoms with E-state index in [1.807, 2.05) is 12.1 Å². The van der Waals surface area contributed by atoms with Crippen LogP contribution in [0.15, 0.2) is 41.5 Å². The molecular weight excluding hydrogens is 442 g/mol. The Kier molecular flexibility index (Phi) is 7.59. The van der Waals surface area contributed by atoms with Gasteiger partial charge >= 0.3 is 0 Å². The highest BCUT2D eigenvalue weighted by Crippen LogP contribution is 2.47. The van der Waals surface area contributed by atoms with Crippen molar-refractivity contribution in [3.05, 3.63) is 42.1 Å². The molecule has 4 rings (SSSR count). The maximum absolute atomic E-state index is 12.5. The highest BCUT2D eigenvalue weighted by molar-refractivity contribution is 5.95. The fourth-order valence-electron chi connectivity index (χ4n) is 5.49. The third-order valence-electron chi connectivity index (χ3n) is 7.22. The molecule has 0 unspecified atom stereocenters. The predicted molar refractivity (Wildman–Crippen MR) is 138 cm³/mol. The van der Waals surface area contributed by atoms with E-state index in [2.05, 4.69) is 27.2 Å². The van der Waals surface area contributed by atoms with E-state index >= 15 is 0 Å². The number of carbonyl (C=O) groups is 2. The Bertz CT molecular complexity index is 962. The summed E-state index contributed by atoms with van der Waals surface area (Å²) in [7, 11) is 0. The van der Waals surface area contributed by atoms with E-state index in [0.717, 1.165) is 24.5 Å². The zero-order chi connectivity index (χ0) is 25.1. The maximum atomic E-state index is 12.5. The lowest BCUT2D eigenvalue weighted by molar-refractivity contribution is -0.137. The largest absolute Gasteiger partial charge is 0.353 e. The van der Waals surface area contributed by atoms with Gasteiger partial charge in [-0.3, -0.25) is 9.59 Å². The van der Waals surface area contributed by atoms with Gasteiger partial charge in [0.05, 0.1) is 11.2 Å². The molecule has 1 saturated carbocycles. The van der Waals surface area contributed by atoms with Crippen LogP contribution >= 0.6 is 0 Å². The SMILES string of the molecule is CC(C)(N)C(=O)N1CCN(C(/C=C\NC=O)=Nc2cccc(CCN3CC4(CC(N)C4)C3)c2)CC1. The zero-order valence-corrected chi connectivity index (χ0v) is 20.9. The van der Waals surface area contributed by atoms with E-state index in [-0.39, 0.29) is 5.91 Å². The number of amidine groups is 1. The summed E-state index contributed by atoms with van der Waals surface area (Å²) < 4.78 is 0. The van der Waals surface area contributed by atoms with Crippen molar-refractivity contribution in [1.82, 2.24) is 20.0 Å².